The molecule has 2 aliphatic heterocycles. The summed E-state index contributed by atoms with van der Waals surface area (Å²) in [5, 5.41) is 9.10. The summed E-state index contributed by atoms with van der Waals surface area (Å²) in [4.78, 5) is 23.6. The zero-order valence-electron chi connectivity index (χ0n) is 20.2. The molecule has 0 aliphatic carbocycles. The van der Waals surface area contributed by atoms with E-state index >= 15 is 0 Å². The van der Waals surface area contributed by atoms with Crippen LogP contribution < -0.4 is 10.5 Å². The number of nitrogens with two attached hydrogens (primary N) is 1. The molecule has 0 radical (unpaired) electrons. The number of halogens is 1. The molecular weight excluding hydrogens is 537 g/mol. The van der Waals surface area contributed by atoms with Gasteiger partial charge in [0.05, 0.1) is 38.2 Å². The average molecular weight is 566 g/mol. The van der Waals surface area contributed by atoms with Crippen LogP contribution in [0.5, 0.6) is 5.88 Å². The molecular formula is C20H29ClN5O8PS. The number of aliphatic hydroxyl groups is 1. The van der Waals surface area contributed by atoms with Crippen LogP contribution in [0.4, 0.5) is 5.95 Å². The lowest BCUT2D eigenvalue weighted by atomic mass is 9.97. The molecule has 2 saturated heterocycles. The maximum absolute atomic E-state index is 13.1. The molecule has 13 nitrogen and oxygen atoms in total. The zero-order valence-corrected chi connectivity index (χ0v) is 22.7. The number of aliphatic hydroxyl groups excluding tert-OH is 1. The summed E-state index contributed by atoms with van der Waals surface area (Å²) in [6, 6.07) is 0. The van der Waals surface area contributed by atoms with Crippen LogP contribution in [0, 0.1) is 5.41 Å². The largest absolute Gasteiger partial charge is 0.476 e. The Hall–Kier alpha value is -1.51. The number of carbonyl (C=O) groups excluding carboxylic acids is 1. The summed E-state index contributed by atoms with van der Waals surface area (Å²) >= 11 is 7.90. The van der Waals surface area contributed by atoms with E-state index in [0.717, 1.165) is 11.8 Å². The van der Waals surface area contributed by atoms with Crippen molar-refractivity contribution >= 4 is 53.4 Å². The smallest absolute Gasteiger partial charge is 0.475 e. The molecule has 2 aromatic rings. The lowest BCUT2D eigenvalue weighted by Crippen LogP contribution is -2.44. The van der Waals surface area contributed by atoms with Gasteiger partial charge in [0, 0.05) is 5.75 Å². The third-order valence-electron chi connectivity index (χ3n) is 5.77. The third-order valence-corrected chi connectivity index (χ3v) is 8.81. The van der Waals surface area contributed by atoms with Gasteiger partial charge in [0.1, 0.15) is 17.1 Å². The molecule has 0 aromatic carbocycles. The Balaban J connectivity index is 1.46. The van der Waals surface area contributed by atoms with Crippen LogP contribution in [0.25, 0.3) is 11.2 Å². The van der Waals surface area contributed by atoms with Crippen molar-refractivity contribution in [3.05, 3.63) is 6.33 Å². The molecule has 0 spiro atoms. The summed E-state index contributed by atoms with van der Waals surface area (Å²) in [5.41, 5.74) is 5.72. The van der Waals surface area contributed by atoms with E-state index in [4.69, 9.17) is 40.4 Å². The van der Waals surface area contributed by atoms with Gasteiger partial charge in [-0.15, -0.1) is 11.6 Å². The van der Waals surface area contributed by atoms with Crippen molar-refractivity contribution in [2.75, 3.05) is 37.9 Å². The topological polar surface area (TPSA) is 170 Å². The van der Waals surface area contributed by atoms with Crippen LogP contribution in [-0.2, 0) is 27.7 Å². The fourth-order valence-electron chi connectivity index (χ4n) is 3.77. The second-order valence-corrected chi connectivity index (χ2v) is 12.6. The van der Waals surface area contributed by atoms with Gasteiger partial charge in [-0.25, -0.2) is 9.55 Å². The molecule has 4 heterocycles. The summed E-state index contributed by atoms with van der Waals surface area (Å²) in [5.74, 6) is 0.437. The Bertz CT molecular complexity index is 1180. The molecule has 0 unspecified atom stereocenters. The first-order valence-electron chi connectivity index (χ1n) is 11.2. The highest BCUT2D eigenvalue weighted by molar-refractivity contribution is 8.13. The number of thioether (sulfide) groups is 1. The molecule has 0 bridgehead atoms. The summed E-state index contributed by atoms with van der Waals surface area (Å²) in [7, 11) is -3.98. The summed E-state index contributed by atoms with van der Waals surface area (Å²) in [6.45, 7) is 6.70. The van der Waals surface area contributed by atoms with Crippen molar-refractivity contribution < 1.29 is 37.5 Å². The number of phosphoric ester groups is 1. The van der Waals surface area contributed by atoms with Crippen molar-refractivity contribution in [1.82, 2.24) is 19.5 Å². The number of ether oxygens (including phenoxy) is 2. The minimum Gasteiger partial charge on any atom is -0.476 e. The Morgan fingerprint density at radius 3 is 2.92 bits per heavy atom. The van der Waals surface area contributed by atoms with Crippen molar-refractivity contribution in [1.29, 1.82) is 0 Å². The molecule has 36 heavy (non-hydrogen) atoms. The number of rotatable bonds is 9. The van der Waals surface area contributed by atoms with Crippen LogP contribution >= 0.6 is 31.2 Å². The van der Waals surface area contributed by atoms with E-state index in [1.807, 2.05) is 6.92 Å². The van der Waals surface area contributed by atoms with Gasteiger partial charge in [0.15, 0.2) is 22.5 Å². The first-order valence-corrected chi connectivity index (χ1v) is 14.1. The first kappa shape index (κ1) is 27.5. The van der Waals surface area contributed by atoms with Gasteiger partial charge in [-0.2, -0.15) is 9.97 Å². The number of hydrogen-bond donors (Lipinski definition) is 2. The van der Waals surface area contributed by atoms with Crippen molar-refractivity contribution in [2.45, 2.75) is 51.0 Å². The van der Waals surface area contributed by atoms with Gasteiger partial charge >= 0.3 is 7.82 Å². The normalized spacial score (nSPS) is 30.4. The fraction of sp³-hybridized carbons (Fsp3) is 0.700. The van der Waals surface area contributed by atoms with E-state index < -0.39 is 36.5 Å². The first-order chi connectivity index (χ1) is 16.9. The van der Waals surface area contributed by atoms with Gasteiger partial charge in [-0.1, -0.05) is 11.8 Å². The molecule has 2 aromatic heterocycles. The molecule has 2 aliphatic rings. The van der Waals surface area contributed by atoms with E-state index in [1.54, 1.807) is 25.3 Å². The molecule has 2 fully saturated rings. The molecule has 200 valence electrons. The molecule has 16 heteroatoms. The highest BCUT2D eigenvalue weighted by Crippen LogP contribution is 2.60. The number of aromatic nitrogens is 4. The lowest BCUT2D eigenvalue weighted by Gasteiger charge is -2.34. The van der Waals surface area contributed by atoms with E-state index in [0.29, 0.717) is 17.8 Å². The maximum atomic E-state index is 13.1. The van der Waals surface area contributed by atoms with Gasteiger partial charge in [-0.05, 0) is 27.7 Å². The minimum absolute atomic E-state index is 0.00407. The number of phosphoric acid groups is 1. The Morgan fingerprint density at radius 2 is 2.22 bits per heavy atom. The maximum Gasteiger partial charge on any atom is 0.475 e. The molecule has 4 rings (SSSR count). The Kier molecular flexibility index (Phi) is 7.90. The van der Waals surface area contributed by atoms with E-state index in [1.165, 1.54) is 6.33 Å². The summed E-state index contributed by atoms with van der Waals surface area (Å²) < 4.78 is 42.9. The Morgan fingerprint density at radius 1 is 1.47 bits per heavy atom. The number of anilines is 1. The van der Waals surface area contributed by atoms with Crippen LogP contribution in [0.3, 0.4) is 0 Å². The van der Waals surface area contributed by atoms with Crippen molar-refractivity contribution in [3.63, 3.8) is 0 Å². The number of nitrogens with zero attached hydrogens (tertiary/aromatic N) is 4. The zero-order chi connectivity index (χ0) is 26.3. The molecule has 3 N–H and O–H groups in total. The van der Waals surface area contributed by atoms with Crippen molar-refractivity contribution in [2.24, 2.45) is 5.41 Å². The van der Waals surface area contributed by atoms with E-state index in [2.05, 4.69) is 15.0 Å². The molecule has 5 atom stereocenters. The second-order valence-electron chi connectivity index (χ2n) is 9.10. The van der Waals surface area contributed by atoms with Gasteiger partial charge in [0.2, 0.25) is 11.8 Å². The number of nitrogen functional groups attached to an aromatic ring is 1. The molecule has 0 saturated carbocycles. The number of imidazole rings is 1. The predicted molar refractivity (Wildman–Crippen MR) is 132 cm³/mol. The van der Waals surface area contributed by atoms with Crippen LogP contribution in [-0.4, -0.2) is 79.0 Å². The highest BCUT2D eigenvalue weighted by Gasteiger charge is 2.60. The Labute approximate surface area is 216 Å². The van der Waals surface area contributed by atoms with Crippen LogP contribution in [0.1, 0.15) is 33.9 Å². The van der Waals surface area contributed by atoms with Gasteiger partial charge < -0.3 is 20.3 Å². The van der Waals surface area contributed by atoms with E-state index in [9.17, 15) is 14.5 Å². The monoisotopic (exact) mass is 565 g/mol. The van der Waals surface area contributed by atoms with Crippen LogP contribution in [0.2, 0.25) is 0 Å². The van der Waals surface area contributed by atoms with Gasteiger partial charge in [-0.3, -0.25) is 22.9 Å². The second kappa shape index (κ2) is 10.3. The number of alkyl halides is 1. The van der Waals surface area contributed by atoms with Crippen molar-refractivity contribution in [3.8, 4) is 5.88 Å². The lowest BCUT2D eigenvalue weighted by molar-refractivity contribution is -0.119. The van der Waals surface area contributed by atoms with Gasteiger partial charge in [0.25, 0.3) is 0 Å². The highest BCUT2D eigenvalue weighted by atomic mass is 35.5. The number of hydrogen-bond acceptors (Lipinski definition) is 13. The SMILES string of the molecule is CCOc1nc(N)nc2c1ncn2[C@@H]1O[C@@H]2CO[P@](=O)(OCCSC(=O)C(C)(C)CO)O[C@H]2[C@@]1(C)Cl. The number of fused-ring (bicyclic) bond motifs is 2. The summed E-state index contributed by atoms with van der Waals surface area (Å²) in [6.07, 6.45) is -0.836. The van der Waals surface area contributed by atoms with E-state index in [-0.39, 0.29) is 42.5 Å². The molecule has 0 amide bonds. The minimum atomic E-state index is -3.98. The number of carbonyl (C=O) groups is 1. The standard InChI is InChI=1S/C20H29ClN5O8PS/c1-5-30-15-12-14(24-18(22)25-15)26(10-23-12)16-20(4,21)13-11(33-16)8-32-35(29,34-13)31-6-7-36-17(28)19(2,3)9-27/h10-11,13,16,27H,5-9H2,1-4H3,(H2,22,24,25)/t11-,13-,16-,20-,35+/m1/s1. The third kappa shape index (κ3) is 5.23. The quantitative estimate of drug-likeness (QED) is 0.258. The fourth-order valence-corrected chi connectivity index (χ4v) is 6.58. The van der Waals surface area contributed by atoms with Crippen LogP contribution in [0.15, 0.2) is 6.33 Å². The average Bonchev–Trinajstić information content (AvgIpc) is 3.34. The predicted octanol–water partition coefficient (Wildman–Crippen LogP) is 2.52.